The van der Waals surface area contributed by atoms with E-state index >= 15 is 0 Å². The maximum Gasteiger partial charge on any atom is 0.317 e. The number of hydrogen-bond acceptors (Lipinski definition) is 4. The highest BCUT2D eigenvalue weighted by Gasteiger charge is 2.32. The number of amides is 3. The number of carbonyl (C=O) groups is 2. The van der Waals surface area contributed by atoms with Crippen molar-refractivity contribution in [1.29, 1.82) is 0 Å². The summed E-state index contributed by atoms with van der Waals surface area (Å²) in [7, 11) is 0. The summed E-state index contributed by atoms with van der Waals surface area (Å²) >= 11 is 0. The molecule has 2 aliphatic rings. The lowest BCUT2D eigenvalue weighted by atomic mass is 10.1. The summed E-state index contributed by atoms with van der Waals surface area (Å²) < 4.78 is 1.80. The summed E-state index contributed by atoms with van der Waals surface area (Å²) in [5.74, 6) is 0.190. The minimum absolute atomic E-state index is 0.0308. The molecule has 1 N–H and O–H groups in total. The van der Waals surface area contributed by atoms with Crippen LogP contribution in [-0.4, -0.2) is 62.9 Å². The third-order valence-corrected chi connectivity index (χ3v) is 3.93. The van der Waals surface area contributed by atoms with E-state index in [-0.39, 0.29) is 18.0 Å². The molecule has 0 atom stereocenters. The van der Waals surface area contributed by atoms with Gasteiger partial charge in [-0.3, -0.25) is 4.79 Å². The van der Waals surface area contributed by atoms with Crippen LogP contribution in [0.15, 0.2) is 6.20 Å². The Morgan fingerprint density at radius 1 is 1.48 bits per heavy atom. The van der Waals surface area contributed by atoms with Crippen LogP contribution in [0.5, 0.6) is 0 Å². The lowest BCUT2D eigenvalue weighted by Crippen LogP contribution is -2.54. The molecule has 0 aliphatic carbocycles. The predicted octanol–water partition coefficient (Wildman–Crippen LogP) is -0.0133. The van der Waals surface area contributed by atoms with Crippen LogP contribution in [0.3, 0.4) is 0 Å². The van der Waals surface area contributed by atoms with E-state index in [4.69, 9.17) is 0 Å². The molecule has 3 amide bonds. The summed E-state index contributed by atoms with van der Waals surface area (Å²) in [4.78, 5) is 26.8. The van der Waals surface area contributed by atoms with E-state index in [1.165, 1.54) is 0 Å². The van der Waals surface area contributed by atoms with Gasteiger partial charge in [-0.1, -0.05) is 5.21 Å². The molecule has 0 radical (unpaired) electrons. The molecule has 1 aromatic rings. The summed E-state index contributed by atoms with van der Waals surface area (Å²) in [5.41, 5.74) is 0.807. The van der Waals surface area contributed by atoms with Gasteiger partial charge in [-0.05, 0) is 13.3 Å². The van der Waals surface area contributed by atoms with Crippen molar-refractivity contribution in [1.82, 2.24) is 30.1 Å². The fourth-order valence-electron chi connectivity index (χ4n) is 2.68. The van der Waals surface area contributed by atoms with Crippen LogP contribution in [-0.2, 0) is 11.3 Å². The summed E-state index contributed by atoms with van der Waals surface area (Å²) in [5, 5.41) is 11.0. The molecule has 1 aromatic heterocycles. The first kappa shape index (κ1) is 13.8. The Labute approximate surface area is 123 Å². The van der Waals surface area contributed by atoms with Crippen molar-refractivity contribution < 1.29 is 9.59 Å². The average Bonchev–Trinajstić information content (AvgIpc) is 2.99. The monoisotopic (exact) mass is 292 g/mol. The van der Waals surface area contributed by atoms with Gasteiger partial charge in [0.2, 0.25) is 5.91 Å². The molecule has 21 heavy (non-hydrogen) atoms. The normalized spacial score (nSPS) is 19.0. The SMILES string of the molecule is CCNC(=O)N1CC(n2cc(CN3CCCC3=O)nn2)C1. The molecule has 0 aromatic carbocycles. The second-order valence-electron chi connectivity index (χ2n) is 5.50. The van der Waals surface area contributed by atoms with Crippen molar-refractivity contribution in [3.63, 3.8) is 0 Å². The summed E-state index contributed by atoms with van der Waals surface area (Å²) in [6.07, 6.45) is 3.45. The van der Waals surface area contributed by atoms with E-state index in [1.807, 2.05) is 18.0 Å². The zero-order chi connectivity index (χ0) is 14.8. The summed E-state index contributed by atoms with van der Waals surface area (Å²) in [6, 6.07) is 0.153. The standard InChI is InChI=1S/C13H20N6O2/c1-2-14-13(21)18-8-11(9-18)19-7-10(15-16-19)6-17-5-3-4-12(17)20/h7,11H,2-6,8-9H2,1H3,(H,14,21). The van der Waals surface area contributed by atoms with Crippen molar-refractivity contribution in [2.24, 2.45) is 0 Å². The molecule has 8 nitrogen and oxygen atoms in total. The molecule has 2 fully saturated rings. The molecule has 3 rings (SSSR count). The Morgan fingerprint density at radius 3 is 2.95 bits per heavy atom. The van der Waals surface area contributed by atoms with Gasteiger partial charge in [0.05, 0.1) is 18.8 Å². The predicted molar refractivity (Wildman–Crippen MR) is 74.4 cm³/mol. The molecule has 8 heteroatoms. The van der Waals surface area contributed by atoms with E-state index < -0.39 is 0 Å². The third kappa shape index (κ3) is 2.84. The zero-order valence-corrected chi connectivity index (χ0v) is 12.2. The van der Waals surface area contributed by atoms with E-state index in [1.54, 1.807) is 9.58 Å². The van der Waals surface area contributed by atoms with E-state index in [0.717, 1.165) is 18.7 Å². The quantitative estimate of drug-likeness (QED) is 0.846. The van der Waals surface area contributed by atoms with Crippen molar-refractivity contribution in [3.05, 3.63) is 11.9 Å². The van der Waals surface area contributed by atoms with Crippen molar-refractivity contribution in [2.75, 3.05) is 26.2 Å². The molecule has 0 spiro atoms. The minimum atomic E-state index is -0.0308. The first-order valence-electron chi connectivity index (χ1n) is 7.38. The fraction of sp³-hybridized carbons (Fsp3) is 0.692. The third-order valence-electron chi connectivity index (χ3n) is 3.93. The zero-order valence-electron chi connectivity index (χ0n) is 12.2. The van der Waals surface area contributed by atoms with E-state index in [2.05, 4.69) is 15.6 Å². The largest absolute Gasteiger partial charge is 0.338 e. The van der Waals surface area contributed by atoms with Crippen LogP contribution in [0.1, 0.15) is 31.5 Å². The van der Waals surface area contributed by atoms with Gasteiger partial charge >= 0.3 is 6.03 Å². The molecule has 3 heterocycles. The number of aromatic nitrogens is 3. The van der Waals surface area contributed by atoms with Crippen molar-refractivity contribution in [3.8, 4) is 0 Å². The maximum atomic E-state index is 11.6. The number of rotatable bonds is 4. The van der Waals surface area contributed by atoms with Crippen LogP contribution in [0.4, 0.5) is 4.79 Å². The lowest BCUT2D eigenvalue weighted by molar-refractivity contribution is -0.128. The van der Waals surface area contributed by atoms with Crippen LogP contribution in [0.2, 0.25) is 0 Å². The van der Waals surface area contributed by atoms with Gasteiger partial charge in [0, 0.05) is 32.6 Å². The Balaban J connectivity index is 1.52. The summed E-state index contributed by atoms with van der Waals surface area (Å²) in [6.45, 7) is 5.18. The second kappa shape index (κ2) is 5.71. The number of hydrogen-bond donors (Lipinski definition) is 1. The second-order valence-corrected chi connectivity index (χ2v) is 5.50. The molecule has 0 saturated carbocycles. The Kier molecular flexibility index (Phi) is 3.76. The van der Waals surface area contributed by atoms with Crippen LogP contribution in [0, 0.1) is 0 Å². The van der Waals surface area contributed by atoms with Crippen LogP contribution in [0.25, 0.3) is 0 Å². The highest BCUT2D eigenvalue weighted by atomic mass is 16.2. The first-order valence-corrected chi connectivity index (χ1v) is 7.38. The van der Waals surface area contributed by atoms with Crippen LogP contribution < -0.4 is 5.32 Å². The van der Waals surface area contributed by atoms with Gasteiger partial charge in [0.1, 0.15) is 5.69 Å². The highest BCUT2D eigenvalue weighted by molar-refractivity contribution is 5.78. The molecular formula is C13H20N6O2. The van der Waals surface area contributed by atoms with Crippen molar-refractivity contribution >= 4 is 11.9 Å². The van der Waals surface area contributed by atoms with Gasteiger partial charge in [0.25, 0.3) is 0 Å². The van der Waals surface area contributed by atoms with Gasteiger partial charge < -0.3 is 15.1 Å². The smallest absolute Gasteiger partial charge is 0.317 e. The molecule has 2 aliphatic heterocycles. The van der Waals surface area contributed by atoms with Gasteiger partial charge in [-0.2, -0.15) is 0 Å². The Bertz CT molecular complexity index is 537. The Hall–Kier alpha value is -2.12. The highest BCUT2D eigenvalue weighted by Crippen LogP contribution is 2.21. The average molecular weight is 292 g/mol. The number of likely N-dealkylation sites (tertiary alicyclic amines) is 2. The van der Waals surface area contributed by atoms with Gasteiger partial charge in [-0.15, -0.1) is 5.10 Å². The molecule has 0 bridgehead atoms. The van der Waals surface area contributed by atoms with E-state index in [9.17, 15) is 9.59 Å². The van der Waals surface area contributed by atoms with Gasteiger partial charge in [-0.25, -0.2) is 9.48 Å². The van der Waals surface area contributed by atoms with Crippen LogP contribution >= 0.6 is 0 Å². The molecule has 2 saturated heterocycles. The minimum Gasteiger partial charge on any atom is -0.338 e. The van der Waals surface area contributed by atoms with Gasteiger partial charge in [0.15, 0.2) is 0 Å². The number of urea groups is 1. The Morgan fingerprint density at radius 2 is 2.29 bits per heavy atom. The maximum absolute atomic E-state index is 11.6. The number of carbonyl (C=O) groups excluding carboxylic acids is 2. The van der Waals surface area contributed by atoms with E-state index in [0.29, 0.717) is 32.6 Å². The molecule has 114 valence electrons. The fourth-order valence-corrected chi connectivity index (χ4v) is 2.68. The first-order chi connectivity index (χ1) is 10.2. The topological polar surface area (TPSA) is 83.4 Å². The number of nitrogens with one attached hydrogen (secondary N) is 1. The molecular weight excluding hydrogens is 272 g/mol. The van der Waals surface area contributed by atoms with Crippen molar-refractivity contribution in [2.45, 2.75) is 32.4 Å². The molecule has 0 unspecified atom stereocenters. The lowest BCUT2D eigenvalue weighted by Gasteiger charge is -2.38. The number of nitrogens with zero attached hydrogens (tertiary/aromatic N) is 5.